The number of hydrogen-bond acceptors (Lipinski definition) is 4. The second-order valence-electron chi connectivity index (χ2n) is 5.49. The summed E-state index contributed by atoms with van der Waals surface area (Å²) in [4.78, 5) is 24.3. The summed E-state index contributed by atoms with van der Waals surface area (Å²) < 4.78 is 5.28. The number of rotatable bonds is 1. The number of hydrogen-bond donors (Lipinski definition) is 1. The Labute approximate surface area is 96.1 Å². The summed E-state index contributed by atoms with van der Waals surface area (Å²) in [7, 11) is 0. The van der Waals surface area contributed by atoms with Crippen LogP contribution in [0.1, 0.15) is 34.6 Å². The fourth-order valence-corrected chi connectivity index (χ4v) is 1.73. The molecule has 1 N–H and O–H groups in total. The van der Waals surface area contributed by atoms with Gasteiger partial charge in [0.1, 0.15) is 17.9 Å². The maximum atomic E-state index is 12.0. The van der Waals surface area contributed by atoms with Gasteiger partial charge in [-0.2, -0.15) is 0 Å². The largest absolute Gasteiger partial charge is 0.444 e. The molecule has 92 valence electrons. The zero-order valence-electron chi connectivity index (χ0n) is 10.5. The number of nitrogens with zero attached hydrogens (tertiary/aromatic N) is 1. The predicted molar refractivity (Wildman–Crippen MR) is 60.0 cm³/mol. The van der Waals surface area contributed by atoms with Gasteiger partial charge in [-0.05, 0) is 34.6 Å². The van der Waals surface area contributed by atoms with Crippen LogP contribution in [0.5, 0.6) is 0 Å². The van der Waals surface area contributed by atoms with Crippen LogP contribution in [0.15, 0.2) is 0 Å². The van der Waals surface area contributed by atoms with E-state index in [4.69, 9.17) is 4.74 Å². The quantitative estimate of drug-likeness (QED) is 0.683. The van der Waals surface area contributed by atoms with E-state index in [9.17, 15) is 9.59 Å². The van der Waals surface area contributed by atoms with Gasteiger partial charge in [0.2, 0.25) is 0 Å². The second kappa shape index (κ2) is 4.05. The summed E-state index contributed by atoms with van der Waals surface area (Å²) in [6.45, 7) is 9.57. The van der Waals surface area contributed by atoms with Crippen molar-refractivity contribution in [2.45, 2.75) is 51.9 Å². The van der Waals surface area contributed by atoms with Crippen molar-refractivity contribution in [1.29, 1.82) is 0 Å². The Bertz CT molecular complexity index is 294. The van der Waals surface area contributed by atoms with Gasteiger partial charge in [-0.1, -0.05) is 0 Å². The first-order chi connectivity index (χ1) is 7.17. The Morgan fingerprint density at radius 2 is 2.06 bits per heavy atom. The van der Waals surface area contributed by atoms with E-state index < -0.39 is 23.4 Å². The average molecular weight is 228 g/mol. The van der Waals surface area contributed by atoms with Gasteiger partial charge in [-0.25, -0.2) is 4.79 Å². The maximum Gasteiger partial charge on any atom is 0.412 e. The van der Waals surface area contributed by atoms with E-state index in [-0.39, 0.29) is 0 Å². The summed E-state index contributed by atoms with van der Waals surface area (Å²) in [6.07, 6.45) is 0.311. The third kappa shape index (κ3) is 2.72. The second-order valence-corrected chi connectivity index (χ2v) is 5.49. The van der Waals surface area contributed by atoms with E-state index >= 15 is 0 Å². The Hall–Kier alpha value is -1.10. The molecule has 1 heterocycles. The van der Waals surface area contributed by atoms with Gasteiger partial charge in [-0.3, -0.25) is 10.2 Å². The van der Waals surface area contributed by atoms with Gasteiger partial charge in [0, 0.05) is 6.54 Å². The number of carbonyl (C=O) groups excluding carboxylic acids is 2. The van der Waals surface area contributed by atoms with E-state index in [1.807, 2.05) is 13.8 Å². The average Bonchev–Trinajstić information content (AvgIpc) is 2.37. The van der Waals surface area contributed by atoms with Crippen molar-refractivity contribution < 1.29 is 14.3 Å². The fraction of sp³-hybridized carbons (Fsp3) is 0.818. The Balaban J connectivity index is 2.83. The Morgan fingerprint density at radius 3 is 2.50 bits per heavy atom. The topological polar surface area (TPSA) is 58.6 Å². The minimum atomic E-state index is -0.552. The maximum absolute atomic E-state index is 12.0. The molecule has 1 aliphatic rings. The molecule has 0 bridgehead atoms. The lowest BCUT2D eigenvalue weighted by Gasteiger charge is -2.34. The van der Waals surface area contributed by atoms with Gasteiger partial charge in [0.25, 0.3) is 0 Å². The minimum absolute atomic E-state index is 0.454. The van der Waals surface area contributed by atoms with E-state index in [1.54, 1.807) is 20.8 Å². The Morgan fingerprint density at radius 1 is 1.50 bits per heavy atom. The van der Waals surface area contributed by atoms with Gasteiger partial charge >= 0.3 is 6.09 Å². The lowest BCUT2D eigenvalue weighted by atomic mass is 10.2. The van der Waals surface area contributed by atoms with Crippen LogP contribution >= 0.6 is 0 Å². The molecule has 1 atom stereocenters. The first-order valence-electron chi connectivity index (χ1n) is 5.40. The summed E-state index contributed by atoms with van der Waals surface area (Å²) in [6, 6.07) is -0.454. The van der Waals surface area contributed by atoms with E-state index in [0.29, 0.717) is 6.54 Å². The molecule has 1 amide bonds. The van der Waals surface area contributed by atoms with Crippen LogP contribution < -0.4 is 5.32 Å². The summed E-state index contributed by atoms with van der Waals surface area (Å²) in [5.74, 6) is 0. The summed E-state index contributed by atoms with van der Waals surface area (Å²) in [5, 5.41) is 3.11. The molecule has 0 unspecified atom stereocenters. The van der Waals surface area contributed by atoms with Gasteiger partial charge < -0.3 is 9.53 Å². The zero-order valence-corrected chi connectivity index (χ0v) is 10.5. The smallest absolute Gasteiger partial charge is 0.412 e. The van der Waals surface area contributed by atoms with Crippen LogP contribution in [0, 0.1) is 0 Å². The lowest BCUT2D eigenvalue weighted by molar-refractivity contribution is -0.112. The molecule has 5 nitrogen and oxygen atoms in total. The van der Waals surface area contributed by atoms with Gasteiger partial charge in [-0.15, -0.1) is 0 Å². The van der Waals surface area contributed by atoms with Crippen LogP contribution in [0.25, 0.3) is 0 Å². The third-order valence-electron chi connectivity index (χ3n) is 2.42. The molecular formula is C11H20N2O3. The van der Waals surface area contributed by atoms with E-state index in [0.717, 1.165) is 6.29 Å². The van der Waals surface area contributed by atoms with Crippen molar-refractivity contribution in [3.05, 3.63) is 0 Å². The first kappa shape index (κ1) is 13.0. The first-order valence-corrected chi connectivity index (χ1v) is 5.40. The van der Waals surface area contributed by atoms with Crippen molar-refractivity contribution >= 4 is 12.4 Å². The van der Waals surface area contributed by atoms with Gasteiger partial charge in [0.15, 0.2) is 0 Å². The molecule has 0 radical (unpaired) electrons. The van der Waals surface area contributed by atoms with Crippen molar-refractivity contribution in [2.75, 3.05) is 6.54 Å². The molecule has 1 fully saturated rings. The highest BCUT2D eigenvalue weighted by Crippen LogP contribution is 2.23. The van der Waals surface area contributed by atoms with Crippen molar-refractivity contribution in [3.8, 4) is 0 Å². The molecular weight excluding hydrogens is 208 g/mol. The fourth-order valence-electron chi connectivity index (χ4n) is 1.73. The molecule has 1 saturated heterocycles. The molecule has 0 aliphatic carbocycles. The van der Waals surface area contributed by atoms with Crippen LogP contribution in [-0.4, -0.2) is 41.1 Å². The van der Waals surface area contributed by atoms with Crippen LogP contribution in [-0.2, 0) is 9.53 Å². The third-order valence-corrected chi connectivity index (χ3v) is 2.42. The number of carbonyl (C=O) groups is 2. The van der Waals surface area contributed by atoms with Crippen molar-refractivity contribution in [2.24, 2.45) is 0 Å². The lowest BCUT2D eigenvalue weighted by Crippen LogP contribution is -2.52. The van der Waals surface area contributed by atoms with E-state index in [1.165, 1.54) is 4.90 Å². The molecule has 1 rings (SSSR count). The molecule has 5 heteroatoms. The number of aldehydes is 1. The van der Waals surface area contributed by atoms with Crippen LogP contribution in [0.3, 0.4) is 0 Å². The molecule has 0 aromatic rings. The summed E-state index contributed by atoms with van der Waals surface area (Å²) in [5.41, 5.74) is -1.10. The Kier molecular flexibility index (Phi) is 3.28. The highest BCUT2D eigenvalue weighted by Gasteiger charge is 2.44. The molecule has 16 heavy (non-hydrogen) atoms. The molecule has 1 aliphatic heterocycles. The highest BCUT2D eigenvalue weighted by molar-refractivity contribution is 5.75. The predicted octanol–water partition coefficient (Wildman–Crippen LogP) is 1.13. The highest BCUT2D eigenvalue weighted by atomic mass is 16.6. The molecule has 0 aromatic carbocycles. The van der Waals surface area contributed by atoms with Crippen LogP contribution in [0.2, 0.25) is 0 Å². The van der Waals surface area contributed by atoms with Crippen molar-refractivity contribution in [1.82, 2.24) is 10.2 Å². The zero-order chi connectivity index (χ0) is 12.6. The number of ether oxygens (including phenoxy) is 1. The standard InChI is InChI=1S/C11H20N2O3/c1-10(2,3)16-9(15)13-8(7-14)6-12-11(13,4)5/h7-8,12H,6H2,1-5H3/t8-/m0/s1. The number of nitrogens with one attached hydrogen (secondary N) is 1. The molecule has 0 saturated carbocycles. The normalized spacial score (nSPS) is 24.3. The molecule has 0 aromatic heterocycles. The van der Waals surface area contributed by atoms with Crippen LogP contribution in [0.4, 0.5) is 4.79 Å². The van der Waals surface area contributed by atoms with Crippen molar-refractivity contribution in [3.63, 3.8) is 0 Å². The number of amides is 1. The monoisotopic (exact) mass is 228 g/mol. The summed E-state index contributed by atoms with van der Waals surface area (Å²) >= 11 is 0. The van der Waals surface area contributed by atoms with E-state index in [2.05, 4.69) is 5.32 Å². The minimum Gasteiger partial charge on any atom is -0.444 e. The SMILES string of the molecule is CC(C)(C)OC(=O)N1[C@H](C=O)CNC1(C)C. The molecule has 0 spiro atoms. The van der Waals surface area contributed by atoms with Gasteiger partial charge in [0.05, 0.1) is 5.66 Å².